The fourth-order valence-corrected chi connectivity index (χ4v) is 3.74. The first-order valence-corrected chi connectivity index (χ1v) is 8.04. The second-order valence-corrected chi connectivity index (χ2v) is 6.21. The molecule has 21 heavy (non-hydrogen) atoms. The lowest BCUT2D eigenvalue weighted by atomic mass is 10.0. The van der Waals surface area contributed by atoms with Gasteiger partial charge in [-0.15, -0.1) is 11.8 Å². The molecular formula is C17H18FNOS. The van der Waals surface area contributed by atoms with Crippen molar-refractivity contribution < 1.29 is 9.13 Å². The molecule has 1 N–H and O–H groups in total. The fourth-order valence-electron chi connectivity index (χ4n) is 2.62. The fraction of sp³-hybridized carbons (Fsp3) is 0.294. The van der Waals surface area contributed by atoms with Gasteiger partial charge in [-0.2, -0.15) is 0 Å². The molecule has 1 aliphatic heterocycles. The van der Waals surface area contributed by atoms with Gasteiger partial charge in [0, 0.05) is 17.5 Å². The molecule has 1 atom stereocenters. The summed E-state index contributed by atoms with van der Waals surface area (Å²) in [7, 11) is 1.48. The lowest BCUT2D eigenvalue weighted by Crippen LogP contribution is -2.24. The highest BCUT2D eigenvalue weighted by Gasteiger charge is 2.19. The summed E-state index contributed by atoms with van der Waals surface area (Å²) in [5, 5.41) is 3.54. The summed E-state index contributed by atoms with van der Waals surface area (Å²) in [6.45, 7) is 0.657. The minimum atomic E-state index is -0.309. The van der Waals surface area contributed by atoms with Gasteiger partial charge in [0.25, 0.3) is 0 Å². The zero-order valence-corrected chi connectivity index (χ0v) is 12.8. The molecule has 1 unspecified atom stereocenters. The molecule has 4 heteroatoms. The smallest absolute Gasteiger partial charge is 0.165 e. The topological polar surface area (TPSA) is 21.3 Å². The van der Waals surface area contributed by atoms with Crippen molar-refractivity contribution in [2.45, 2.75) is 23.9 Å². The first-order valence-electron chi connectivity index (χ1n) is 7.05. The Morgan fingerprint density at radius 2 is 2.14 bits per heavy atom. The Kier molecular flexibility index (Phi) is 4.46. The van der Waals surface area contributed by atoms with Crippen LogP contribution in [-0.2, 0) is 6.54 Å². The molecule has 0 bridgehead atoms. The van der Waals surface area contributed by atoms with E-state index in [0.717, 1.165) is 17.7 Å². The van der Waals surface area contributed by atoms with E-state index < -0.39 is 0 Å². The average molecular weight is 303 g/mol. The molecular weight excluding hydrogens is 285 g/mol. The normalized spacial score (nSPS) is 17.3. The summed E-state index contributed by atoms with van der Waals surface area (Å²) in [5.74, 6) is 1.10. The number of ether oxygens (including phenoxy) is 1. The molecule has 2 aromatic carbocycles. The molecule has 0 amide bonds. The van der Waals surface area contributed by atoms with Crippen molar-refractivity contribution in [3.8, 4) is 5.75 Å². The molecule has 0 spiro atoms. The number of fused-ring (bicyclic) bond motifs is 1. The van der Waals surface area contributed by atoms with E-state index in [4.69, 9.17) is 4.74 Å². The number of thioether (sulfide) groups is 1. The van der Waals surface area contributed by atoms with Crippen molar-refractivity contribution in [3.63, 3.8) is 0 Å². The highest BCUT2D eigenvalue weighted by atomic mass is 32.2. The van der Waals surface area contributed by atoms with Crippen LogP contribution >= 0.6 is 11.8 Å². The van der Waals surface area contributed by atoms with Crippen molar-refractivity contribution in [2.24, 2.45) is 0 Å². The first kappa shape index (κ1) is 14.4. The predicted molar refractivity (Wildman–Crippen MR) is 84.3 cm³/mol. The van der Waals surface area contributed by atoms with Gasteiger partial charge >= 0.3 is 0 Å². The molecule has 0 aromatic heterocycles. The lowest BCUT2D eigenvalue weighted by Gasteiger charge is -2.26. The molecule has 0 saturated heterocycles. The van der Waals surface area contributed by atoms with Gasteiger partial charge in [0.05, 0.1) is 7.11 Å². The molecule has 1 heterocycles. The van der Waals surface area contributed by atoms with Crippen molar-refractivity contribution in [1.29, 1.82) is 0 Å². The summed E-state index contributed by atoms with van der Waals surface area (Å²) in [4.78, 5) is 1.35. The Morgan fingerprint density at radius 1 is 1.29 bits per heavy atom. The largest absolute Gasteiger partial charge is 0.494 e. The van der Waals surface area contributed by atoms with Gasteiger partial charge in [0.1, 0.15) is 0 Å². The number of benzene rings is 2. The third-order valence-electron chi connectivity index (χ3n) is 3.73. The maximum absolute atomic E-state index is 13.7. The van der Waals surface area contributed by atoms with Gasteiger partial charge in [-0.25, -0.2) is 4.39 Å². The summed E-state index contributed by atoms with van der Waals surface area (Å²) in [6, 6.07) is 14.0. The molecule has 110 valence electrons. The molecule has 0 fully saturated rings. The van der Waals surface area contributed by atoms with Crippen molar-refractivity contribution in [1.82, 2.24) is 5.32 Å². The quantitative estimate of drug-likeness (QED) is 0.916. The molecule has 2 nitrogen and oxygen atoms in total. The van der Waals surface area contributed by atoms with E-state index in [9.17, 15) is 4.39 Å². The number of hydrogen-bond donors (Lipinski definition) is 1. The van der Waals surface area contributed by atoms with E-state index in [1.165, 1.54) is 23.6 Å². The van der Waals surface area contributed by atoms with E-state index in [1.54, 1.807) is 6.07 Å². The SMILES string of the molecule is COc1ccc(CNC2CCSc3ccccc32)cc1F. The van der Waals surface area contributed by atoms with E-state index in [0.29, 0.717) is 12.6 Å². The third kappa shape index (κ3) is 3.22. The number of hydrogen-bond acceptors (Lipinski definition) is 3. The standard InChI is InChI=1S/C17H18FNOS/c1-20-16-7-6-12(10-14(16)18)11-19-15-8-9-21-17-5-3-2-4-13(15)17/h2-7,10,15,19H,8-9,11H2,1H3. The van der Waals surface area contributed by atoms with Crippen molar-refractivity contribution in [2.75, 3.05) is 12.9 Å². The number of nitrogens with one attached hydrogen (secondary N) is 1. The Hall–Kier alpha value is -1.52. The summed E-state index contributed by atoms with van der Waals surface area (Å²) >= 11 is 1.90. The second kappa shape index (κ2) is 6.50. The van der Waals surface area contributed by atoms with Gasteiger partial charge < -0.3 is 10.1 Å². The van der Waals surface area contributed by atoms with Gasteiger partial charge in [-0.05, 0) is 41.5 Å². The number of rotatable bonds is 4. The average Bonchev–Trinajstić information content (AvgIpc) is 2.53. The molecule has 0 aliphatic carbocycles. The maximum atomic E-state index is 13.7. The van der Waals surface area contributed by atoms with Crippen LogP contribution in [0.4, 0.5) is 4.39 Å². The molecule has 0 radical (unpaired) electrons. The van der Waals surface area contributed by atoms with Crippen LogP contribution in [0.2, 0.25) is 0 Å². The highest BCUT2D eigenvalue weighted by molar-refractivity contribution is 7.99. The van der Waals surface area contributed by atoms with Crippen LogP contribution < -0.4 is 10.1 Å². The Labute approximate surface area is 128 Å². The summed E-state index contributed by atoms with van der Waals surface area (Å²) in [6.07, 6.45) is 1.10. The van der Waals surface area contributed by atoms with Gasteiger partial charge in [-0.3, -0.25) is 0 Å². The Morgan fingerprint density at radius 3 is 2.95 bits per heavy atom. The Balaban J connectivity index is 1.70. The van der Waals surface area contributed by atoms with Crippen LogP contribution in [0.5, 0.6) is 5.75 Å². The zero-order valence-electron chi connectivity index (χ0n) is 11.9. The Bertz CT molecular complexity index is 632. The van der Waals surface area contributed by atoms with Gasteiger partial charge in [0.2, 0.25) is 0 Å². The number of methoxy groups -OCH3 is 1. The van der Waals surface area contributed by atoms with E-state index in [1.807, 2.05) is 17.8 Å². The first-order chi connectivity index (χ1) is 10.3. The van der Waals surface area contributed by atoms with Crippen LogP contribution in [-0.4, -0.2) is 12.9 Å². The molecule has 2 aromatic rings. The van der Waals surface area contributed by atoms with E-state index >= 15 is 0 Å². The minimum absolute atomic E-state index is 0.290. The van der Waals surface area contributed by atoms with Gasteiger partial charge in [-0.1, -0.05) is 24.3 Å². The monoisotopic (exact) mass is 303 g/mol. The van der Waals surface area contributed by atoms with Crippen LogP contribution in [0.1, 0.15) is 23.6 Å². The molecule has 0 saturated carbocycles. The number of halogens is 1. The summed E-state index contributed by atoms with van der Waals surface area (Å²) < 4.78 is 18.6. The van der Waals surface area contributed by atoms with Crippen molar-refractivity contribution in [3.05, 3.63) is 59.4 Å². The maximum Gasteiger partial charge on any atom is 0.165 e. The zero-order chi connectivity index (χ0) is 14.7. The van der Waals surface area contributed by atoms with Crippen LogP contribution in [0, 0.1) is 5.82 Å². The van der Waals surface area contributed by atoms with E-state index in [-0.39, 0.29) is 11.6 Å². The van der Waals surface area contributed by atoms with Gasteiger partial charge in [0.15, 0.2) is 11.6 Å². The van der Waals surface area contributed by atoms with Crippen LogP contribution in [0.25, 0.3) is 0 Å². The van der Waals surface area contributed by atoms with Crippen LogP contribution in [0.3, 0.4) is 0 Å². The molecule has 3 rings (SSSR count). The molecule has 1 aliphatic rings. The third-order valence-corrected chi connectivity index (χ3v) is 4.85. The lowest BCUT2D eigenvalue weighted by molar-refractivity contribution is 0.386. The summed E-state index contributed by atoms with van der Waals surface area (Å²) in [5.41, 5.74) is 2.28. The highest BCUT2D eigenvalue weighted by Crippen LogP contribution is 2.35. The van der Waals surface area contributed by atoms with Crippen LogP contribution in [0.15, 0.2) is 47.4 Å². The minimum Gasteiger partial charge on any atom is -0.494 e. The second-order valence-electron chi connectivity index (χ2n) is 5.08. The van der Waals surface area contributed by atoms with E-state index in [2.05, 4.69) is 29.6 Å². The predicted octanol–water partition coefficient (Wildman–Crippen LogP) is 4.16. The van der Waals surface area contributed by atoms with Crippen molar-refractivity contribution >= 4 is 11.8 Å².